The van der Waals surface area contributed by atoms with Crippen molar-refractivity contribution in [2.75, 3.05) is 59.8 Å². The SMILES string of the molecule is C=CCc1cc(CN2CCOCCOCCOCC2)cc(OC)c1O. The molecule has 1 N–H and O–H groups in total. The van der Waals surface area contributed by atoms with Gasteiger partial charge in [0.15, 0.2) is 11.5 Å². The molecule has 1 aliphatic rings. The predicted molar refractivity (Wildman–Crippen MR) is 96.3 cm³/mol. The summed E-state index contributed by atoms with van der Waals surface area (Å²) in [6.07, 6.45) is 2.38. The van der Waals surface area contributed by atoms with Gasteiger partial charge < -0.3 is 24.1 Å². The van der Waals surface area contributed by atoms with Crippen LogP contribution in [0.4, 0.5) is 0 Å². The Balaban J connectivity index is 2.05. The van der Waals surface area contributed by atoms with Gasteiger partial charge >= 0.3 is 0 Å². The normalized spacial score (nSPS) is 18.1. The molecule has 0 radical (unpaired) electrons. The van der Waals surface area contributed by atoms with Crippen LogP contribution >= 0.6 is 0 Å². The largest absolute Gasteiger partial charge is 0.504 e. The average molecular weight is 351 g/mol. The molecule has 1 fully saturated rings. The Bertz CT molecular complexity index is 523. The highest BCUT2D eigenvalue weighted by molar-refractivity contribution is 5.49. The maximum atomic E-state index is 10.2. The number of aromatic hydroxyl groups is 1. The van der Waals surface area contributed by atoms with Gasteiger partial charge in [-0.3, -0.25) is 4.90 Å². The Labute approximate surface area is 149 Å². The first-order valence-electron chi connectivity index (χ1n) is 8.70. The number of phenols is 1. The van der Waals surface area contributed by atoms with Crippen molar-refractivity contribution in [3.05, 3.63) is 35.9 Å². The molecular formula is C19H29NO5. The molecule has 2 rings (SSSR count). The van der Waals surface area contributed by atoms with Gasteiger partial charge in [0.25, 0.3) is 0 Å². The summed E-state index contributed by atoms with van der Waals surface area (Å²) in [6.45, 7) is 9.81. The first-order valence-corrected chi connectivity index (χ1v) is 8.70. The summed E-state index contributed by atoms with van der Waals surface area (Å²) in [5.41, 5.74) is 1.91. The van der Waals surface area contributed by atoms with Crippen LogP contribution in [0.25, 0.3) is 0 Å². The number of hydrogen-bond acceptors (Lipinski definition) is 6. The van der Waals surface area contributed by atoms with E-state index < -0.39 is 0 Å². The quantitative estimate of drug-likeness (QED) is 0.819. The number of benzene rings is 1. The fourth-order valence-electron chi connectivity index (χ4n) is 2.74. The van der Waals surface area contributed by atoms with Gasteiger partial charge in [0.2, 0.25) is 0 Å². The van der Waals surface area contributed by atoms with Crippen LogP contribution in [0, 0.1) is 0 Å². The zero-order valence-corrected chi connectivity index (χ0v) is 15.0. The Morgan fingerprint density at radius 1 is 1.08 bits per heavy atom. The molecule has 0 spiro atoms. The number of nitrogens with zero attached hydrogens (tertiary/aromatic N) is 1. The molecule has 0 saturated carbocycles. The Hall–Kier alpha value is -1.60. The Morgan fingerprint density at radius 2 is 1.68 bits per heavy atom. The van der Waals surface area contributed by atoms with E-state index in [1.807, 2.05) is 12.1 Å². The lowest BCUT2D eigenvalue weighted by Gasteiger charge is -2.24. The smallest absolute Gasteiger partial charge is 0.161 e. The highest BCUT2D eigenvalue weighted by atomic mass is 16.5. The van der Waals surface area contributed by atoms with Crippen LogP contribution in [0.1, 0.15) is 11.1 Å². The van der Waals surface area contributed by atoms with Crippen LogP contribution < -0.4 is 4.74 Å². The number of methoxy groups -OCH3 is 1. The number of allylic oxidation sites excluding steroid dienone is 1. The summed E-state index contributed by atoms with van der Waals surface area (Å²) in [7, 11) is 1.57. The van der Waals surface area contributed by atoms with Crippen LogP contribution in [-0.2, 0) is 27.2 Å². The first-order chi connectivity index (χ1) is 12.2. The molecule has 1 aromatic rings. The minimum Gasteiger partial charge on any atom is -0.504 e. The molecular weight excluding hydrogens is 322 g/mol. The van der Waals surface area contributed by atoms with Gasteiger partial charge in [-0.05, 0) is 18.1 Å². The monoisotopic (exact) mass is 351 g/mol. The fourth-order valence-corrected chi connectivity index (χ4v) is 2.74. The Morgan fingerprint density at radius 3 is 2.24 bits per heavy atom. The molecule has 6 heteroatoms. The second-order valence-electron chi connectivity index (χ2n) is 5.91. The third-order valence-electron chi connectivity index (χ3n) is 4.05. The van der Waals surface area contributed by atoms with Crippen LogP contribution in [-0.4, -0.2) is 69.8 Å². The second-order valence-corrected chi connectivity index (χ2v) is 5.91. The highest BCUT2D eigenvalue weighted by Crippen LogP contribution is 2.32. The molecule has 1 aromatic carbocycles. The van der Waals surface area contributed by atoms with Gasteiger partial charge in [-0.2, -0.15) is 0 Å². The fraction of sp³-hybridized carbons (Fsp3) is 0.579. The standard InChI is InChI=1S/C19H29NO5/c1-3-4-17-13-16(14-18(22-2)19(17)21)15-20-5-7-23-9-11-25-12-10-24-8-6-20/h3,13-14,21H,1,4-12,15H2,2H3. The summed E-state index contributed by atoms with van der Waals surface area (Å²) < 4.78 is 21.9. The molecule has 0 aromatic heterocycles. The van der Waals surface area contributed by atoms with Gasteiger partial charge in [-0.15, -0.1) is 6.58 Å². The maximum absolute atomic E-state index is 10.2. The minimum atomic E-state index is 0.187. The average Bonchev–Trinajstić information content (AvgIpc) is 2.60. The van der Waals surface area contributed by atoms with Gasteiger partial charge in [-0.1, -0.05) is 12.1 Å². The van der Waals surface area contributed by atoms with Crippen molar-refractivity contribution in [1.82, 2.24) is 4.90 Å². The van der Waals surface area contributed by atoms with E-state index in [-0.39, 0.29) is 5.75 Å². The van der Waals surface area contributed by atoms with Crippen LogP contribution in [0.2, 0.25) is 0 Å². The summed E-state index contributed by atoms with van der Waals surface area (Å²) >= 11 is 0. The highest BCUT2D eigenvalue weighted by Gasteiger charge is 2.13. The summed E-state index contributed by atoms with van der Waals surface area (Å²) in [5, 5.41) is 10.2. The molecule has 0 aliphatic carbocycles. The van der Waals surface area contributed by atoms with Crippen LogP contribution in [0.5, 0.6) is 11.5 Å². The molecule has 1 heterocycles. The summed E-state index contributed by atoms with van der Waals surface area (Å²) in [5.74, 6) is 0.680. The van der Waals surface area contributed by atoms with Crippen molar-refractivity contribution in [1.29, 1.82) is 0 Å². The van der Waals surface area contributed by atoms with Crippen molar-refractivity contribution >= 4 is 0 Å². The van der Waals surface area contributed by atoms with Gasteiger partial charge in [0.05, 0.1) is 46.8 Å². The van der Waals surface area contributed by atoms with Gasteiger partial charge in [-0.25, -0.2) is 0 Å². The number of hydrogen-bond donors (Lipinski definition) is 1. The molecule has 25 heavy (non-hydrogen) atoms. The minimum absolute atomic E-state index is 0.187. The third-order valence-corrected chi connectivity index (χ3v) is 4.05. The molecule has 0 unspecified atom stereocenters. The van der Waals surface area contributed by atoms with Crippen molar-refractivity contribution in [3.8, 4) is 11.5 Å². The molecule has 0 bridgehead atoms. The van der Waals surface area contributed by atoms with Crippen molar-refractivity contribution < 1.29 is 24.1 Å². The number of rotatable bonds is 5. The lowest BCUT2D eigenvalue weighted by Crippen LogP contribution is -2.32. The molecule has 0 amide bonds. The summed E-state index contributed by atoms with van der Waals surface area (Å²) in [6, 6.07) is 3.89. The van der Waals surface area contributed by atoms with E-state index in [2.05, 4.69) is 11.5 Å². The van der Waals surface area contributed by atoms with Gasteiger partial charge in [0, 0.05) is 25.2 Å². The lowest BCUT2D eigenvalue weighted by molar-refractivity contribution is -0.00690. The molecule has 140 valence electrons. The molecule has 1 aliphatic heterocycles. The van der Waals surface area contributed by atoms with E-state index >= 15 is 0 Å². The van der Waals surface area contributed by atoms with E-state index in [9.17, 15) is 5.11 Å². The Kier molecular flexibility index (Phi) is 8.76. The zero-order valence-electron chi connectivity index (χ0n) is 15.0. The number of phenolic OH excluding ortho intramolecular Hbond substituents is 1. The zero-order chi connectivity index (χ0) is 17.9. The van der Waals surface area contributed by atoms with E-state index in [0.29, 0.717) is 51.8 Å². The van der Waals surface area contributed by atoms with E-state index in [4.69, 9.17) is 18.9 Å². The first kappa shape index (κ1) is 19.7. The van der Waals surface area contributed by atoms with Crippen molar-refractivity contribution in [2.24, 2.45) is 0 Å². The topological polar surface area (TPSA) is 60.4 Å². The van der Waals surface area contributed by atoms with Crippen molar-refractivity contribution in [3.63, 3.8) is 0 Å². The maximum Gasteiger partial charge on any atom is 0.161 e. The van der Waals surface area contributed by atoms with E-state index in [1.54, 1.807) is 13.2 Å². The van der Waals surface area contributed by atoms with E-state index in [1.165, 1.54) is 0 Å². The summed E-state index contributed by atoms with van der Waals surface area (Å²) in [4.78, 5) is 2.28. The van der Waals surface area contributed by atoms with Gasteiger partial charge in [0.1, 0.15) is 0 Å². The molecule has 6 nitrogen and oxygen atoms in total. The number of ether oxygens (including phenoxy) is 4. The second kappa shape index (κ2) is 11.1. The lowest BCUT2D eigenvalue weighted by atomic mass is 10.1. The molecule has 1 saturated heterocycles. The third kappa shape index (κ3) is 6.66. The predicted octanol–water partition coefficient (Wildman–Crippen LogP) is 1.99. The van der Waals surface area contributed by atoms with E-state index in [0.717, 1.165) is 30.8 Å². The molecule has 0 atom stereocenters. The van der Waals surface area contributed by atoms with Crippen molar-refractivity contribution in [2.45, 2.75) is 13.0 Å². The van der Waals surface area contributed by atoms with Crippen LogP contribution in [0.15, 0.2) is 24.8 Å². The van der Waals surface area contributed by atoms with Crippen LogP contribution in [0.3, 0.4) is 0 Å².